The van der Waals surface area contributed by atoms with Crippen LogP contribution in [0.1, 0.15) is 18.4 Å². The molecule has 2 amide bonds. The summed E-state index contributed by atoms with van der Waals surface area (Å²) in [6.07, 6.45) is 3.92. The van der Waals surface area contributed by atoms with Crippen LogP contribution in [0.15, 0.2) is 46.7 Å². The molecule has 1 atom stereocenters. The lowest BCUT2D eigenvalue weighted by Gasteiger charge is -2.15. The van der Waals surface area contributed by atoms with E-state index in [1.807, 2.05) is 30.3 Å². The molecule has 0 bridgehead atoms. The minimum atomic E-state index is -3.20. The number of rotatable bonds is 6. The van der Waals surface area contributed by atoms with Gasteiger partial charge in [-0.1, -0.05) is 54.3 Å². The Morgan fingerprint density at radius 1 is 1.33 bits per heavy atom. The summed E-state index contributed by atoms with van der Waals surface area (Å²) in [6, 6.07) is 9.05. The van der Waals surface area contributed by atoms with E-state index in [4.69, 9.17) is 12.2 Å². The fourth-order valence-corrected chi connectivity index (χ4v) is 5.28. The predicted octanol–water partition coefficient (Wildman–Crippen LogP) is 2.09. The molecule has 1 aromatic rings. The molecule has 0 aliphatic carbocycles. The molecular formula is C18H18N2O4S3. The summed E-state index contributed by atoms with van der Waals surface area (Å²) in [5.41, 5.74) is 0.928. The van der Waals surface area contributed by atoms with Crippen LogP contribution in [0.25, 0.3) is 6.08 Å². The van der Waals surface area contributed by atoms with E-state index >= 15 is 0 Å². The second-order valence-electron chi connectivity index (χ2n) is 6.18. The van der Waals surface area contributed by atoms with Crippen LogP contribution in [0.3, 0.4) is 0 Å². The monoisotopic (exact) mass is 422 g/mol. The van der Waals surface area contributed by atoms with Gasteiger partial charge in [-0.2, -0.15) is 0 Å². The van der Waals surface area contributed by atoms with Crippen LogP contribution < -0.4 is 5.32 Å². The molecule has 9 heteroatoms. The molecule has 1 aromatic carbocycles. The van der Waals surface area contributed by atoms with E-state index in [0.29, 0.717) is 22.2 Å². The fourth-order valence-electron chi connectivity index (χ4n) is 2.74. The van der Waals surface area contributed by atoms with Crippen molar-refractivity contribution in [2.45, 2.75) is 18.9 Å². The van der Waals surface area contributed by atoms with Gasteiger partial charge in [0.15, 0.2) is 9.84 Å². The van der Waals surface area contributed by atoms with Gasteiger partial charge in [0.05, 0.1) is 16.7 Å². The highest BCUT2D eigenvalue weighted by molar-refractivity contribution is 8.26. The highest BCUT2D eigenvalue weighted by atomic mass is 32.2. The third kappa shape index (κ3) is 5.27. The first-order chi connectivity index (χ1) is 12.8. The lowest BCUT2D eigenvalue weighted by Crippen LogP contribution is -2.36. The van der Waals surface area contributed by atoms with Crippen molar-refractivity contribution in [2.75, 3.05) is 12.3 Å². The average Bonchev–Trinajstić information content (AvgIpc) is 3.08. The number of hydrogen-bond donors (Lipinski definition) is 1. The molecule has 2 aliphatic rings. The number of sulfone groups is 1. The van der Waals surface area contributed by atoms with Crippen molar-refractivity contribution in [3.63, 3.8) is 0 Å². The SMILES string of the molecule is O=C(CCCN1C(=O)/C(=C\c2ccccc2)SC1=S)N[C@@H]1C=CS(=O)(=O)C1. The molecule has 0 unspecified atom stereocenters. The normalized spacial score (nSPS) is 22.6. The van der Waals surface area contributed by atoms with E-state index < -0.39 is 15.9 Å². The highest BCUT2D eigenvalue weighted by Crippen LogP contribution is 2.32. The van der Waals surface area contributed by atoms with Crippen molar-refractivity contribution >= 4 is 56.0 Å². The number of hydrogen-bond acceptors (Lipinski definition) is 6. The highest BCUT2D eigenvalue weighted by Gasteiger charge is 2.31. The van der Waals surface area contributed by atoms with Gasteiger partial charge >= 0.3 is 0 Å². The van der Waals surface area contributed by atoms with E-state index in [-0.39, 0.29) is 24.0 Å². The standard InChI is InChI=1S/C18H18N2O4S3/c21-16(19-14-8-10-27(23,24)12-14)7-4-9-20-17(22)15(26-18(20)25)11-13-5-2-1-3-6-13/h1-3,5-6,8,10-11,14H,4,7,9,12H2,(H,19,21)/b15-11+/t14-/m1/s1. The summed E-state index contributed by atoms with van der Waals surface area (Å²) >= 11 is 6.54. The van der Waals surface area contributed by atoms with E-state index in [2.05, 4.69) is 5.32 Å². The molecule has 2 aliphatic heterocycles. The summed E-state index contributed by atoms with van der Waals surface area (Å²) < 4.78 is 23.2. The zero-order valence-electron chi connectivity index (χ0n) is 14.3. The number of nitrogens with one attached hydrogen (secondary N) is 1. The van der Waals surface area contributed by atoms with Crippen molar-refractivity contribution in [1.82, 2.24) is 10.2 Å². The summed E-state index contributed by atoms with van der Waals surface area (Å²) in [5.74, 6) is -0.497. The molecule has 6 nitrogen and oxygen atoms in total. The Balaban J connectivity index is 1.49. The van der Waals surface area contributed by atoms with Gasteiger partial charge in [0, 0.05) is 18.4 Å². The van der Waals surface area contributed by atoms with E-state index in [1.165, 1.54) is 22.7 Å². The summed E-state index contributed by atoms with van der Waals surface area (Å²) in [6.45, 7) is 0.350. The largest absolute Gasteiger partial charge is 0.349 e. The Kier molecular flexibility index (Phi) is 6.13. The summed E-state index contributed by atoms with van der Waals surface area (Å²) in [5, 5.41) is 3.79. The Hall–Kier alpha value is -1.97. The van der Waals surface area contributed by atoms with Crippen LogP contribution in [0.5, 0.6) is 0 Å². The molecule has 0 radical (unpaired) electrons. The first kappa shape index (κ1) is 19.8. The van der Waals surface area contributed by atoms with Crippen LogP contribution in [-0.2, 0) is 19.4 Å². The number of benzene rings is 1. The number of amides is 2. The molecule has 1 fully saturated rings. The van der Waals surface area contributed by atoms with Gasteiger partial charge in [0.2, 0.25) is 5.91 Å². The lowest BCUT2D eigenvalue weighted by atomic mass is 10.2. The van der Waals surface area contributed by atoms with Crippen molar-refractivity contribution in [3.05, 3.63) is 52.3 Å². The number of carbonyl (C=O) groups excluding carboxylic acids is 2. The zero-order valence-corrected chi connectivity index (χ0v) is 16.8. The van der Waals surface area contributed by atoms with E-state index in [1.54, 1.807) is 6.08 Å². The van der Waals surface area contributed by atoms with Crippen LogP contribution >= 0.6 is 24.0 Å². The quantitative estimate of drug-likeness (QED) is 0.558. The number of carbonyl (C=O) groups is 2. The number of thioether (sulfide) groups is 1. The second kappa shape index (κ2) is 8.37. The minimum absolute atomic E-state index is 0.0995. The second-order valence-corrected chi connectivity index (χ2v) is 9.79. The van der Waals surface area contributed by atoms with Gasteiger partial charge in [-0.25, -0.2) is 8.42 Å². The van der Waals surface area contributed by atoms with Gasteiger partial charge in [0.25, 0.3) is 5.91 Å². The molecule has 1 N–H and O–H groups in total. The van der Waals surface area contributed by atoms with Gasteiger partial charge in [0.1, 0.15) is 4.32 Å². The lowest BCUT2D eigenvalue weighted by molar-refractivity contribution is -0.124. The van der Waals surface area contributed by atoms with Crippen LogP contribution in [0.4, 0.5) is 0 Å². The smallest absolute Gasteiger partial charge is 0.266 e. The molecule has 0 spiro atoms. The topological polar surface area (TPSA) is 83.6 Å². The van der Waals surface area contributed by atoms with Gasteiger partial charge in [-0.05, 0) is 24.1 Å². The van der Waals surface area contributed by atoms with Crippen molar-refractivity contribution < 1.29 is 18.0 Å². The molecule has 3 rings (SSSR count). The zero-order chi connectivity index (χ0) is 19.4. The molecular weight excluding hydrogens is 404 g/mol. The van der Waals surface area contributed by atoms with Gasteiger partial charge < -0.3 is 5.32 Å². The maximum atomic E-state index is 12.5. The van der Waals surface area contributed by atoms with E-state index in [0.717, 1.165) is 11.0 Å². The van der Waals surface area contributed by atoms with E-state index in [9.17, 15) is 18.0 Å². The maximum absolute atomic E-state index is 12.5. The van der Waals surface area contributed by atoms with Gasteiger partial charge in [-0.15, -0.1) is 0 Å². The Bertz CT molecular complexity index is 923. The molecule has 1 saturated heterocycles. The molecule has 27 heavy (non-hydrogen) atoms. The van der Waals surface area contributed by atoms with Crippen LogP contribution in [0.2, 0.25) is 0 Å². The van der Waals surface area contributed by atoms with Crippen LogP contribution in [0, 0.1) is 0 Å². The molecule has 142 valence electrons. The summed E-state index contributed by atoms with van der Waals surface area (Å²) in [4.78, 5) is 26.5. The molecule has 2 heterocycles. The molecule has 0 aromatic heterocycles. The number of nitrogens with zero attached hydrogens (tertiary/aromatic N) is 1. The average molecular weight is 423 g/mol. The van der Waals surface area contributed by atoms with Crippen molar-refractivity contribution in [2.24, 2.45) is 0 Å². The Morgan fingerprint density at radius 3 is 2.74 bits per heavy atom. The summed E-state index contributed by atoms with van der Waals surface area (Å²) in [7, 11) is -3.20. The molecule has 0 saturated carbocycles. The predicted molar refractivity (Wildman–Crippen MR) is 110 cm³/mol. The van der Waals surface area contributed by atoms with Crippen molar-refractivity contribution in [3.8, 4) is 0 Å². The Morgan fingerprint density at radius 2 is 2.07 bits per heavy atom. The fraction of sp³-hybridized carbons (Fsp3) is 0.278. The van der Waals surface area contributed by atoms with Gasteiger partial charge in [-0.3, -0.25) is 14.5 Å². The third-order valence-corrected chi connectivity index (χ3v) is 6.81. The Labute approximate surface area is 167 Å². The van der Waals surface area contributed by atoms with Crippen LogP contribution in [-0.4, -0.2) is 47.8 Å². The minimum Gasteiger partial charge on any atom is -0.349 e. The first-order valence-corrected chi connectivity index (χ1v) is 11.3. The number of thiocarbonyl (C=S) groups is 1. The first-order valence-electron chi connectivity index (χ1n) is 8.35. The maximum Gasteiger partial charge on any atom is 0.266 e. The van der Waals surface area contributed by atoms with Crippen molar-refractivity contribution in [1.29, 1.82) is 0 Å². The third-order valence-electron chi connectivity index (χ3n) is 4.03.